The lowest BCUT2D eigenvalue weighted by Gasteiger charge is -2.22. The Morgan fingerprint density at radius 1 is 1.47 bits per heavy atom. The van der Waals surface area contributed by atoms with Crippen LogP contribution in [0.4, 0.5) is 0 Å². The molecule has 0 bridgehead atoms. The normalized spacial score (nSPS) is 21.6. The molecule has 6 nitrogen and oxygen atoms in total. The van der Waals surface area contributed by atoms with Crippen molar-refractivity contribution in [2.45, 2.75) is 39.2 Å². The van der Waals surface area contributed by atoms with E-state index in [1.807, 2.05) is 6.92 Å². The average molecular weight is 264 g/mol. The number of nitrogens with zero attached hydrogens (tertiary/aromatic N) is 1. The molecule has 0 aromatic carbocycles. The molecule has 0 radical (unpaired) electrons. The van der Waals surface area contributed by atoms with Crippen LogP contribution < -0.4 is 5.48 Å². The SMILES string of the molecule is CCCS(=O)(=O)N1CCCC1C(=O)NOCC. The molecule has 0 aromatic rings. The lowest BCUT2D eigenvalue weighted by atomic mass is 10.2. The Bertz CT molecular complexity index is 355. The highest BCUT2D eigenvalue weighted by Crippen LogP contribution is 2.21. The summed E-state index contributed by atoms with van der Waals surface area (Å²) in [6, 6.07) is -0.613. The Labute approximate surface area is 102 Å². The van der Waals surface area contributed by atoms with Gasteiger partial charge in [0, 0.05) is 6.54 Å². The van der Waals surface area contributed by atoms with Crippen LogP contribution in [0, 0.1) is 0 Å². The molecule has 1 heterocycles. The van der Waals surface area contributed by atoms with Gasteiger partial charge in [-0.05, 0) is 26.2 Å². The zero-order valence-corrected chi connectivity index (χ0v) is 11.1. The molecule has 7 heteroatoms. The zero-order chi connectivity index (χ0) is 12.9. The molecule has 0 spiro atoms. The monoisotopic (exact) mass is 264 g/mol. The van der Waals surface area contributed by atoms with Crippen LogP contribution in [-0.4, -0.2) is 43.6 Å². The smallest absolute Gasteiger partial charge is 0.261 e. The van der Waals surface area contributed by atoms with Gasteiger partial charge in [0.15, 0.2) is 0 Å². The molecule has 1 unspecified atom stereocenters. The number of sulfonamides is 1. The predicted molar refractivity (Wildman–Crippen MR) is 63.6 cm³/mol. The molecule has 0 aliphatic carbocycles. The van der Waals surface area contributed by atoms with Crippen molar-refractivity contribution in [2.75, 3.05) is 18.9 Å². The molecule has 1 aliphatic rings. The van der Waals surface area contributed by atoms with Crippen LogP contribution in [0.2, 0.25) is 0 Å². The Hall–Kier alpha value is -0.660. The van der Waals surface area contributed by atoms with E-state index in [9.17, 15) is 13.2 Å². The van der Waals surface area contributed by atoms with Gasteiger partial charge in [-0.25, -0.2) is 13.9 Å². The van der Waals surface area contributed by atoms with Gasteiger partial charge in [0.25, 0.3) is 5.91 Å². The number of hydrogen-bond acceptors (Lipinski definition) is 4. The fourth-order valence-electron chi connectivity index (χ4n) is 1.92. The van der Waals surface area contributed by atoms with E-state index in [0.29, 0.717) is 32.4 Å². The van der Waals surface area contributed by atoms with Gasteiger partial charge in [0.05, 0.1) is 12.4 Å². The van der Waals surface area contributed by atoms with Crippen LogP contribution >= 0.6 is 0 Å². The molecule has 1 aliphatic heterocycles. The van der Waals surface area contributed by atoms with Gasteiger partial charge in [-0.3, -0.25) is 9.63 Å². The van der Waals surface area contributed by atoms with Gasteiger partial charge in [-0.15, -0.1) is 0 Å². The first-order chi connectivity index (χ1) is 8.03. The van der Waals surface area contributed by atoms with Crippen molar-refractivity contribution in [3.63, 3.8) is 0 Å². The van der Waals surface area contributed by atoms with Gasteiger partial charge in [0.2, 0.25) is 10.0 Å². The van der Waals surface area contributed by atoms with Crippen LogP contribution in [0.25, 0.3) is 0 Å². The van der Waals surface area contributed by atoms with Gasteiger partial charge in [0.1, 0.15) is 6.04 Å². The number of hydrogen-bond donors (Lipinski definition) is 1. The van der Waals surface area contributed by atoms with Gasteiger partial charge in [-0.1, -0.05) is 6.92 Å². The van der Waals surface area contributed by atoms with Gasteiger partial charge >= 0.3 is 0 Å². The van der Waals surface area contributed by atoms with E-state index in [-0.39, 0.29) is 11.7 Å². The molecule has 1 fully saturated rings. The van der Waals surface area contributed by atoms with Gasteiger partial charge in [-0.2, -0.15) is 4.31 Å². The van der Waals surface area contributed by atoms with Crippen molar-refractivity contribution in [2.24, 2.45) is 0 Å². The lowest BCUT2D eigenvalue weighted by Crippen LogP contribution is -2.46. The second-order valence-electron chi connectivity index (χ2n) is 3.98. The average Bonchev–Trinajstić information content (AvgIpc) is 2.75. The highest BCUT2D eigenvalue weighted by molar-refractivity contribution is 7.89. The molecule has 100 valence electrons. The highest BCUT2D eigenvalue weighted by atomic mass is 32.2. The van der Waals surface area contributed by atoms with Crippen LogP contribution in [0.3, 0.4) is 0 Å². The van der Waals surface area contributed by atoms with E-state index < -0.39 is 16.1 Å². The maximum absolute atomic E-state index is 11.9. The first kappa shape index (κ1) is 14.4. The van der Waals surface area contributed by atoms with Crippen LogP contribution in [0.15, 0.2) is 0 Å². The Morgan fingerprint density at radius 3 is 2.76 bits per heavy atom. The standard InChI is InChI=1S/C10H20N2O4S/c1-3-8-17(14,15)12-7-5-6-9(12)10(13)11-16-4-2/h9H,3-8H2,1-2H3,(H,11,13). The third-order valence-corrected chi connectivity index (χ3v) is 4.72. The topological polar surface area (TPSA) is 75.7 Å². The summed E-state index contributed by atoms with van der Waals surface area (Å²) < 4.78 is 25.1. The summed E-state index contributed by atoms with van der Waals surface area (Å²) >= 11 is 0. The molecule has 1 atom stereocenters. The minimum atomic E-state index is -3.31. The van der Waals surface area contributed by atoms with E-state index in [0.717, 1.165) is 0 Å². The summed E-state index contributed by atoms with van der Waals surface area (Å²) in [6.45, 7) is 4.34. The largest absolute Gasteiger partial charge is 0.274 e. The molecule has 1 amide bonds. The van der Waals surface area contributed by atoms with E-state index in [2.05, 4.69) is 5.48 Å². The minimum absolute atomic E-state index is 0.0887. The fraction of sp³-hybridized carbons (Fsp3) is 0.900. The number of rotatable bonds is 6. The van der Waals surface area contributed by atoms with Crippen molar-refractivity contribution < 1.29 is 18.0 Å². The third-order valence-electron chi connectivity index (χ3n) is 2.64. The molecule has 1 saturated heterocycles. The van der Waals surface area contributed by atoms with E-state index in [4.69, 9.17) is 4.84 Å². The van der Waals surface area contributed by atoms with Crippen molar-refractivity contribution in [3.8, 4) is 0 Å². The van der Waals surface area contributed by atoms with Crippen molar-refractivity contribution in [3.05, 3.63) is 0 Å². The summed E-state index contributed by atoms with van der Waals surface area (Å²) in [5.41, 5.74) is 2.27. The number of hydroxylamine groups is 1. The minimum Gasteiger partial charge on any atom is -0.274 e. The van der Waals surface area contributed by atoms with Crippen LogP contribution in [0.5, 0.6) is 0 Å². The summed E-state index contributed by atoms with van der Waals surface area (Å²) in [5, 5.41) is 0. The van der Waals surface area contributed by atoms with E-state index in [1.54, 1.807) is 6.92 Å². The number of amides is 1. The number of nitrogens with one attached hydrogen (secondary N) is 1. The summed E-state index contributed by atoms with van der Waals surface area (Å²) in [5.74, 6) is -0.283. The summed E-state index contributed by atoms with van der Waals surface area (Å²) in [6.07, 6.45) is 1.83. The predicted octanol–water partition coefficient (Wildman–Crippen LogP) is 0.258. The van der Waals surface area contributed by atoms with Crippen molar-refractivity contribution in [1.82, 2.24) is 9.79 Å². The highest BCUT2D eigenvalue weighted by Gasteiger charge is 2.38. The quantitative estimate of drug-likeness (QED) is 0.698. The summed E-state index contributed by atoms with van der Waals surface area (Å²) in [7, 11) is -3.31. The van der Waals surface area contributed by atoms with E-state index >= 15 is 0 Å². The first-order valence-electron chi connectivity index (χ1n) is 5.94. The Kier molecular flexibility index (Phi) is 5.35. The van der Waals surface area contributed by atoms with E-state index in [1.165, 1.54) is 4.31 Å². The van der Waals surface area contributed by atoms with Crippen molar-refractivity contribution >= 4 is 15.9 Å². The lowest BCUT2D eigenvalue weighted by molar-refractivity contribution is -0.136. The third kappa shape index (κ3) is 3.65. The number of carbonyl (C=O) groups is 1. The second-order valence-corrected chi connectivity index (χ2v) is 6.03. The second kappa shape index (κ2) is 6.32. The Morgan fingerprint density at radius 2 is 2.18 bits per heavy atom. The van der Waals surface area contributed by atoms with Gasteiger partial charge < -0.3 is 0 Å². The number of carbonyl (C=O) groups excluding carboxylic acids is 1. The Balaban J connectivity index is 2.69. The zero-order valence-electron chi connectivity index (χ0n) is 10.3. The molecule has 17 heavy (non-hydrogen) atoms. The van der Waals surface area contributed by atoms with Crippen LogP contribution in [-0.2, 0) is 19.7 Å². The summed E-state index contributed by atoms with van der Waals surface area (Å²) in [4.78, 5) is 16.5. The van der Waals surface area contributed by atoms with Crippen molar-refractivity contribution in [1.29, 1.82) is 0 Å². The maximum atomic E-state index is 11.9. The first-order valence-corrected chi connectivity index (χ1v) is 7.55. The molecular weight excluding hydrogens is 244 g/mol. The molecule has 1 N–H and O–H groups in total. The maximum Gasteiger partial charge on any atom is 0.261 e. The molecular formula is C10H20N2O4S. The van der Waals surface area contributed by atoms with Crippen LogP contribution in [0.1, 0.15) is 33.1 Å². The molecule has 0 saturated carbocycles. The fourth-order valence-corrected chi connectivity index (χ4v) is 3.67. The molecule has 0 aromatic heterocycles. The molecule has 1 rings (SSSR count).